The Morgan fingerprint density at radius 3 is 2.48 bits per heavy atom. The first-order valence-corrected chi connectivity index (χ1v) is 9.45. The lowest BCUT2D eigenvalue weighted by molar-refractivity contribution is 0.0522. The zero-order chi connectivity index (χ0) is 19.6. The predicted octanol–water partition coefficient (Wildman–Crippen LogP) is 2.46. The molecule has 1 aliphatic rings. The fourth-order valence-corrected chi connectivity index (χ4v) is 3.58. The molecule has 0 unspecified atom stereocenters. The van der Waals surface area contributed by atoms with Gasteiger partial charge in [-0.1, -0.05) is 26.0 Å². The Balaban J connectivity index is 1.76. The van der Waals surface area contributed by atoms with Crippen molar-refractivity contribution in [1.29, 1.82) is 0 Å². The van der Waals surface area contributed by atoms with E-state index in [1.807, 2.05) is 0 Å². The zero-order valence-corrected chi connectivity index (χ0v) is 15.9. The van der Waals surface area contributed by atoms with E-state index in [9.17, 15) is 20.1 Å². The highest BCUT2D eigenvalue weighted by Crippen LogP contribution is 2.33. The predicted molar refractivity (Wildman–Crippen MR) is 105 cm³/mol. The van der Waals surface area contributed by atoms with Crippen LogP contribution in [0.25, 0.3) is 10.8 Å². The van der Waals surface area contributed by atoms with Crippen LogP contribution in [0, 0.1) is 5.92 Å². The van der Waals surface area contributed by atoms with Gasteiger partial charge in [-0.05, 0) is 48.9 Å². The second-order valence-electron chi connectivity index (χ2n) is 7.87. The molecule has 6 heteroatoms. The van der Waals surface area contributed by atoms with E-state index in [4.69, 9.17) is 0 Å². The molecule has 0 aliphatic carbocycles. The van der Waals surface area contributed by atoms with Crippen LogP contribution in [0.4, 0.5) is 0 Å². The van der Waals surface area contributed by atoms with Crippen LogP contribution >= 0.6 is 0 Å². The number of hydrogen-bond donors (Lipinski definition) is 4. The van der Waals surface area contributed by atoms with Gasteiger partial charge in [0.1, 0.15) is 11.5 Å². The molecule has 1 aliphatic heterocycles. The number of nitrogens with one attached hydrogen (secondary N) is 1. The third kappa shape index (κ3) is 4.01. The number of rotatable bonds is 5. The lowest BCUT2D eigenvalue weighted by Gasteiger charge is -2.42. The average Bonchev–Trinajstić information content (AvgIpc) is 2.67. The first-order valence-electron chi connectivity index (χ1n) is 9.45. The Kier molecular flexibility index (Phi) is 5.58. The summed E-state index contributed by atoms with van der Waals surface area (Å²) in [7, 11) is 0. The van der Waals surface area contributed by atoms with Crippen molar-refractivity contribution in [3.63, 3.8) is 0 Å². The van der Waals surface area contributed by atoms with Gasteiger partial charge in [-0.2, -0.15) is 0 Å². The molecule has 3 rings (SSSR count). The summed E-state index contributed by atoms with van der Waals surface area (Å²) in [5.41, 5.74) is -0.113. The normalized spacial score (nSPS) is 16.8. The number of likely N-dealkylation sites (tertiary alicyclic amines) is 1. The number of nitrogens with zero attached hydrogens (tertiary/aromatic N) is 1. The number of fused-ring (bicyclic) bond motifs is 1. The smallest absolute Gasteiger partial charge is 0.257 e. The van der Waals surface area contributed by atoms with Crippen LogP contribution in [-0.4, -0.2) is 57.9 Å². The van der Waals surface area contributed by atoms with E-state index in [0.29, 0.717) is 37.2 Å². The van der Waals surface area contributed by atoms with Crippen molar-refractivity contribution in [2.75, 3.05) is 26.2 Å². The van der Waals surface area contributed by atoms with Gasteiger partial charge >= 0.3 is 0 Å². The second kappa shape index (κ2) is 7.74. The van der Waals surface area contributed by atoms with Gasteiger partial charge in [0.2, 0.25) is 0 Å². The maximum absolute atomic E-state index is 12.9. The Labute approximate surface area is 159 Å². The number of phenols is 2. The average molecular weight is 372 g/mol. The van der Waals surface area contributed by atoms with E-state index in [1.165, 1.54) is 6.07 Å². The van der Waals surface area contributed by atoms with Crippen LogP contribution in [0.2, 0.25) is 0 Å². The monoisotopic (exact) mass is 372 g/mol. The SMILES string of the molecule is CC(C)CNC1(CO)CCN(C(=O)c2ccc3ccc(O)cc3c2O)CC1. The van der Waals surface area contributed by atoms with Crippen molar-refractivity contribution in [1.82, 2.24) is 10.2 Å². The number of piperidine rings is 1. The summed E-state index contributed by atoms with van der Waals surface area (Å²) in [6, 6.07) is 8.11. The third-order valence-corrected chi connectivity index (χ3v) is 5.40. The van der Waals surface area contributed by atoms with Crippen molar-refractivity contribution < 1.29 is 20.1 Å². The minimum absolute atomic E-state index is 0.0439. The summed E-state index contributed by atoms with van der Waals surface area (Å²) in [6.07, 6.45) is 1.33. The summed E-state index contributed by atoms with van der Waals surface area (Å²) in [5.74, 6) is 0.196. The van der Waals surface area contributed by atoms with Gasteiger partial charge < -0.3 is 25.5 Å². The number of phenolic OH excluding ortho intramolecular Hbond substituents is 2. The molecule has 0 aromatic heterocycles. The molecule has 0 saturated carbocycles. The fourth-order valence-electron chi connectivity index (χ4n) is 3.58. The molecule has 2 aromatic carbocycles. The molecule has 2 aromatic rings. The van der Waals surface area contributed by atoms with Crippen molar-refractivity contribution in [3.05, 3.63) is 35.9 Å². The maximum Gasteiger partial charge on any atom is 0.257 e. The van der Waals surface area contributed by atoms with Gasteiger partial charge in [0.25, 0.3) is 5.91 Å². The second-order valence-corrected chi connectivity index (χ2v) is 7.87. The van der Waals surface area contributed by atoms with Gasteiger partial charge in [-0.25, -0.2) is 0 Å². The summed E-state index contributed by atoms with van der Waals surface area (Å²) in [5, 5.41) is 34.8. The molecule has 146 valence electrons. The molecule has 1 fully saturated rings. The number of aliphatic hydroxyl groups excluding tert-OH is 1. The maximum atomic E-state index is 12.9. The van der Waals surface area contributed by atoms with Crippen molar-refractivity contribution in [3.8, 4) is 11.5 Å². The van der Waals surface area contributed by atoms with Gasteiger partial charge in [-0.15, -0.1) is 0 Å². The lowest BCUT2D eigenvalue weighted by atomic mass is 9.87. The number of amides is 1. The Hall–Kier alpha value is -2.31. The number of carbonyl (C=O) groups is 1. The van der Waals surface area contributed by atoms with Crippen molar-refractivity contribution >= 4 is 16.7 Å². The summed E-state index contributed by atoms with van der Waals surface area (Å²) < 4.78 is 0. The van der Waals surface area contributed by atoms with Gasteiger partial charge in [0.15, 0.2) is 0 Å². The van der Waals surface area contributed by atoms with E-state index in [2.05, 4.69) is 19.2 Å². The number of carbonyl (C=O) groups excluding carboxylic acids is 1. The lowest BCUT2D eigenvalue weighted by Crippen LogP contribution is -2.57. The fraction of sp³-hybridized carbons (Fsp3) is 0.476. The van der Waals surface area contributed by atoms with Crippen molar-refractivity contribution in [2.45, 2.75) is 32.2 Å². The van der Waals surface area contributed by atoms with E-state index in [1.54, 1.807) is 29.2 Å². The Morgan fingerprint density at radius 1 is 1.19 bits per heavy atom. The molecule has 1 saturated heterocycles. The molecule has 1 heterocycles. The van der Waals surface area contributed by atoms with Crippen LogP contribution in [0.5, 0.6) is 11.5 Å². The molecular weight excluding hydrogens is 344 g/mol. The zero-order valence-electron chi connectivity index (χ0n) is 15.9. The van der Waals surface area contributed by atoms with Crippen molar-refractivity contribution in [2.24, 2.45) is 5.92 Å². The number of hydrogen-bond acceptors (Lipinski definition) is 5. The molecule has 0 atom stereocenters. The highest BCUT2D eigenvalue weighted by molar-refractivity contribution is 6.03. The quantitative estimate of drug-likeness (QED) is 0.647. The molecule has 1 amide bonds. The minimum Gasteiger partial charge on any atom is -0.508 e. The molecular formula is C21H28N2O4. The topological polar surface area (TPSA) is 93.0 Å². The molecule has 4 N–H and O–H groups in total. The Morgan fingerprint density at radius 2 is 1.85 bits per heavy atom. The first-order chi connectivity index (χ1) is 12.8. The van der Waals surface area contributed by atoms with Crippen LogP contribution in [0.1, 0.15) is 37.0 Å². The molecule has 0 spiro atoms. The minimum atomic E-state index is -0.349. The van der Waals surface area contributed by atoms with Gasteiger partial charge in [0.05, 0.1) is 12.2 Å². The highest BCUT2D eigenvalue weighted by Gasteiger charge is 2.35. The highest BCUT2D eigenvalue weighted by atomic mass is 16.3. The van der Waals surface area contributed by atoms with Gasteiger partial charge in [-0.3, -0.25) is 4.79 Å². The summed E-state index contributed by atoms with van der Waals surface area (Å²) in [4.78, 5) is 14.7. The largest absolute Gasteiger partial charge is 0.508 e. The summed E-state index contributed by atoms with van der Waals surface area (Å²) in [6.45, 7) is 6.14. The van der Waals surface area contributed by atoms with E-state index in [-0.39, 0.29) is 35.1 Å². The standard InChI is InChI=1S/C21H28N2O4/c1-14(2)12-22-21(13-24)7-9-23(10-8-21)20(27)17-6-4-15-3-5-16(25)11-18(15)19(17)26/h3-6,11,14,22,24-26H,7-10,12-13H2,1-2H3. The van der Waals surface area contributed by atoms with Crippen LogP contribution < -0.4 is 5.32 Å². The molecule has 0 radical (unpaired) electrons. The van der Waals surface area contributed by atoms with Crippen LogP contribution in [0.15, 0.2) is 30.3 Å². The van der Waals surface area contributed by atoms with E-state index >= 15 is 0 Å². The first kappa shape index (κ1) is 19.5. The number of aliphatic hydroxyl groups is 1. The number of aromatic hydroxyl groups is 2. The molecule has 0 bridgehead atoms. The van der Waals surface area contributed by atoms with Crippen LogP contribution in [0.3, 0.4) is 0 Å². The van der Waals surface area contributed by atoms with E-state index in [0.717, 1.165) is 11.9 Å². The number of benzene rings is 2. The molecule has 27 heavy (non-hydrogen) atoms. The van der Waals surface area contributed by atoms with Gasteiger partial charge in [0, 0.05) is 24.0 Å². The molecule has 6 nitrogen and oxygen atoms in total. The van der Waals surface area contributed by atoms with Crippen LogP contribution in [-0.2, 0) is 0 Å². The third-order valence-electron chi connectivity index (χ3n) is 5.40. The Bertz CT molecular complexity index is 826. The summed E-state index contributed by atoms with van der Waals surface area (Å²) >= 11 is 0. The van der Waals surface area contributed by atoms with E-state index < -0.39 is 0 Å².